The lowest BCUT2D eigenvalue weighted by Crippen LogP contribution is -2.35. The van der Waals surface area contributed by atoms with Crippen molar-refractivity contribution < 1.29 is 0 Å². The third-order valence-electron chi connectivity index (χ3n) is 2.90. The van der Waals surface area contributed by atoms with Gasteiger partial charge in [0, 0.05) is 31.9 Å². The summed E-state index contributed by atoms with van der Waals surface area (Å²) >= 11 is 14.1. The lowest BCUT2D eigenvalue weighted by atomic mass is 10.1. The van der Waals surface area contributed by atoms with E-state index in [9.17, 15) is 0 Å². The SMILES string of the molecule is CC(C)(C)NCc1c(Cl)cccc1Sc1cccc(Cl)c1. The molecule has 0 fully saturated rings. The fourth-order valence-corrected chi connectivity index (χ4v) is 3.41. The van der Waals surface area contributed by atoms with Gasteiger partial charge in [-0.15, -0.1) is 0 Å². The molecule has 1 nitrogen and oxygen atoms in total. The van der Waals surface area contributed by atoms with Crippen molar-refractivity contribution in [3.63, 3.8) is 0 Å². The van der Waals surface area contributed by atoms with Gasteiger partial charge in [-0.25, -0.2) is 0 Å². The second-order valence-electron chi connectivity index (χ2n) is 5.88. The molecule has 0 unspecified atom stereocenters. The minimum atomic E-state index is 0.0527. The van der Waals surface area contributed by atoms with Crippen molar-refractivity contribution in [3.8, 4) is 0 Å². The number of hydrogen-bond donors (Lipinski definition) is 1. The summed E-state index contributed by atoms with van der Waals surface area (Å²) < 4.78 is 0. The second kappa shape index (κ2) is 7.06. The lowest BCUT2D eigenvalue weighted by Gasteiger charge is -2.22. The van der Waals surface area contributed by atoms with Gasteiger partial charge in [-0.3, -0.25) is 0 Å². The number of nitrogens with one attached hydrogen (secondary N) is 1. The topological polar surface area (TPSA) is 12.0 Å². The maximum absolute atomic E-state index is 6.38. The highest BCUT2D eigenvalue weighted by molar-refractivity contribution is 7.99. The molecule has 2 aromatic rings. The van der Waals surface area contributed by atoms with Gasteiger partial charge in [0.15, 0.2) is 0 Å². The van der Waals surface area contributed by atoms with E-state index >= 15 is 0 Å². The van der Waals surface area contributed by atoms with Gasteiger partial charge in [0.2, 0.25) is 0 Å². The predicted octanol–water partition coefficient (Wildman–Crippen LogP) is 6.03. The van der Waals surface area contributed by atoms with Gasteiger partial charge in [0.1, 0.15) is 0 Å². The van der Waals surface area contributed by atoms with Crippen LogP contribution in [0.2, 0.25) is 10.0 Å². The zero-order valence-corrected chi connectivity index (χ0v) is 14.7. The molecule has 0 bridgehead atoms. The first-order valence-corrected chi connectivity index (χ1v) is 8.38. The first-order valence-electron chi connectivity index (χ1n) is 6.81. The maximum Gasteiger partial charge on any atom is 0.0462 e. The summed E-state index contributed by atoms with van der Waals surface area (Å²) in [5, 5.41) is 5.03. The zero-order valence-electron chi connectivity index (χ0n) is 12.4. The van der Waals surface area contributed by atoms with E-state index < -0.39 is 0 Å². The van der Waals surface area contributed by atoms with E-state index in [-0.39, 0.29) is 5.54 Å². The van der Waals surface area contributed by atoms with Crippen LogP contribution in [0.15, 0.2) is 52.3 Å². The Kier molecular flexibility index (Phi) is 5.61. The van der Waals surface area contributed by atoms with E-state index in [0.717, 1.165) is 31.9 Å². The van der Waals surface area contributed by atoms with Crippen LogP contribution in [0.5, 0.6) is 0 Å². The predicted molar refractivity (Wildman–Crippen MR) is 93.6 cm³/mol. The molecule has 0 saturated carbocycles. The van der Waals surface area contributed by atoms with Gasteiger partial charge in [-0.05, 0) is 56.7 Å². The summed E-state index contributed by atoms with van der Waals surface area (Å²) in [5.41, 5.74) is 1.18. The molecule has 21 heavy (non-hydrogen) atoms. The van der Waals surface area contributed by atoms with E-state index in [1.165, 1.54) is 0 Å². The molecule has 2 rings (SSSR count). The smallest absolute Gasteiger partial charge is 0.0462 e. The highest BCUT2D eigenvalue weighted by Gasteiger charge is 2.13. The largest absolute Gasteiger partial charge is 0.308 e. The highest BCUT2D eigenvalue weighted by atomic mass is 35.5. The fraction of sp³-hybridized carbons (Fsp3) is 0.294. The number of hydrogen-bond acceptors (Lipinski definition) is 2. The molecule has 2 aromatic carbocycles. The Morgan fingerprint density at radius 2 is 1.76 bits per heavy atom. The van der Waals surface area contributed by atoms with E-state index in [4.69, 9.17) is 23.2 Å². The van der Waals surface area contributed by atoms with Crippen LogP contribution in [-0.4, -0.2) is 5.54 Å². The van der Waals surface area contributed by atoms with Gasteiger partial charge in [-0.2, -0.15) is 0 Å². The number of halogens is 2. The van der Waals surface area contributed by atoms with Crippen LogP contribution >= 0.6 is 35.0 Å². The van der Waals surface area contributed by atoms with Crippen molar-refractivity contribution in [2.75, 3.05) is 0 Å². The van der Waals surface area contributed by atoms with E-state index in [2.05, 4.69) is 38.2 Å². The molecule has 0 amide bonds. The van der Waals surface area contributed by atoms with Gasteiger partial charge in [0.25, 0.3) is 0 Å². The zero-order chi connectivity index (χ0) is 15.5. The third kappa shape index (κ3) is 5.23. The van der Waals surface area contributed by atoms with Gasteiger partial charge < -0.3 is 5.32 Å². The van der Waals surface area contributed by atoms with Crippen LogP contribution in [0, 0.1) is 0 Å². The van der Waals surface area contributed by atoms with Crippen molar-refractivity contribution >= 4 is 35.0 Å². The maximum atomic E-state index is 6.38. The quantitative estimate of drug-likeness (QED) is 0.729. The summed E-state index contributed by atoms with van der Waals surface area (Å²) in [6, 6.07) is 13.9. The fourth-order valence-electron chi connectivity index (χ4n) is 1.82. The Balaban J connectivity index is 2.25. The molecule has 0 aliphatic heterocycles. The molecule has 0 aromatic heterocycles. The standard InChI is InChI=1S/C17H19Cl2NS/c1-17(2,3)20-11-14-15(19)8-5-9-16(14)21-13-7-4-6-12(18)10-13/h4-10,20H,11H2,1-3H3. The molecule has 0 aliphatic carbocycles. The average Bonchev–Trinajstić information content (AvgIpc) is 2.37. The van der Waals surface area contributed by atoms with Crippen molar-refractivity contribution in [3.05, 3.63) is 58.1 Å². The molecular weight excluding hydrogens is 321 g/mol. The highest BCUT2D eigenvalue weighted by Crippen LogP contribution is 2.34. The van der Waals surface area contributed by atoms with Crippen LogP contribution < -0.4 is 5.32 Å². The molecule has 0 saturated heterocycles. The average molecular weight is 340 g/mol. The van der Waals surface area contributed by atoms with E-state index in [1.54, 1.807) is 11.8 Å². The molecule has 112 valence electrons. The van der Waals surface area contributed by atoms with Crippen LogP contribution in [0.1, 0.15) is 26.3 Å². The first kappa shape index (κ1) is 16.7. The van der Waals surface area contributed by atoms with Gasteiger partial charge in [0.05, 0.1) is 0 Å². The van der Waals surface area contributed by atoms with Crippen molar-refractivity contribution in [1.82, 2.24) is 5.32 Å². The Bertz CT molecular complexity index is 620. The summed E-state index contributed by atoms with van der Waals surface area (Å²) in [6.45, 7) is 7.18. The third-order valence-corrected chi connectivity index (χ3v) is 4.58. The molecule has 0 spiro atoms. The van der Waals surface area contributed by atoms with Gasteiger partial charge in [-0.1, -0.05) is 47.1 Å². The van der Waals surface area contributed by atoms with E-state index in [1.807, 2.05) is 30.3 Å². The Hall–Kier alpha value is -0.670. The summed E-state index contributed by atoms with van der Waals surface area (Å²) in [7, 11) is 0. The minimum Gasteiger partial charge on any atom is -0.308 e. The Morgan fingerprint density at radius 3 is 2.43 bits per heavy atom. The molecule has 4 heteroatoms. The molecule has 0 heterocycles. The number of benzene rings is 2. The Labute approximate surface area is 141 Å². The first-order chi connectivity index (χ1) is 9.85. The minimum absolute atomic E-state index is 0.0527. The molecular formula is C17H19Cl2NS. The summed E-state index contributed by atoms with van der Waals surface area (Å²) in [4.78, 5) is 2.27. The monoisotopic (exact) mass is 339 g/mol. The van der Waals surface area contributed by atoms with Crippen molar-refractivity contribution in [1.29, 1.82) is 0 Å². The Morgan fingerprint density at radius 1 is 1.05 bits per heavy atom. The van der Waals surface area contributed by atoms with Crippen LogP contribution in [-0.2, 0) is 6.54 Å². The van der Waals surface area contributed by atoms with Crippen LogP contribution in [0.25, 0.3) is 0 Å². The lowest BCUT2D eigenvalue weighted by molar-refractivity contribution is 0.422. The molecule has 0 radical (unpaired) electrons. The molecule has 0 atom stereocenters. The van der Waals surface area contributed by atoms with Crippen LogP contribution in [0.4, 0.5) is 0 Å². The summed E-state index contributed by atoms with van der Waals surface area (Å²) in [6.07, 6.45) is 0. The van der Waals surface area contributed by atoms with Gasteiger partial charge >= 0.3 is 0 Å². The number of rotatable bonds is 4. The molecule has 1 N–H and O–H groups in total. The normalized spacial score (nSPS) is 11.7. The second-order valence-corrected chi connectivity index (χ2v) is 7.84. The molecule has 0 aliphatic rings. The summed E-state index contributed by atoms with van der Waals surface area (Å²) in [5.74, 6) is 0. The van der Waals surface area contributed by atoms with Crippen LogP contribution in [0.3, 0.4) is 0 Å². The van der Waals surface area contributed by atoms with Crippen molar-refractivity contribution in [2.24, 2.45) is 0 Å². The van der Waals surface area contributed by atoms with E-state index in [0.29, 0.717) is 0 Å². The van der Waals surface area contributed by atoms with Crippen molar-refractivity contribution in [2.45, 2.75) is 42.6 Å².